The van der Waals surface area contributed by atoms with Crippen LogP contribution < -0.4 is 5.56 Å². The number of H-pyrrole nitrogens is 1. The first kappa shape index (κ1) is 15.8. The smallest absolute Gasteiger partial charge is 0.333 e. The lowest BCUT2D eigenvalue weighted by molar-refractivity contribution is -0.385. The predicted molar refractivity (Wildman–Crippen MR) is 98.1 cm³/mol. The standard InChI is InChI=1S/C19H14N4O3/c1-12-15(13-8-4-2-5-9-13)18-20-16(14-10-6-3-7-11-14)17(23(25)26)19(24)22(18)21-12/h2-11,20H,1H3. The van der Waals surface area contributed by atoms with Crippen molar-refractivity contribution in [3.63, 3.8) is 0 Å². The number of hydrogen-bond donors (Lipinski definition) is 1. The first-order valence-corrected chi connectivity index (χ1v) is 7.99. The lowest BCUT2D eigenvalue weighted by Crippen LogP contribution is -2.20. The van der Waals surface area contributed by atoms with Crippen LogP contribution in [0.3, 0.4) is 0 Å². The number of aromatic amines is 1. The highest BCUT2D eigenvalue weighted by Crippen LogP contribution is 2.30. The third-order valence-corrected chi connectivity index (χ3v) is 4.24. The summed E-state index contributed by atoms with van der Waals surface area (Å²) in [4.78, 5) is 26.8. The van der Waals surface area contributed by atoms with Crippen LogP contribution in [0.4, 0.5) is 5.69 Å². The van der Waals surface area contributed by atoms with Crippen molar-refractivity contribution in [1.29, 1.82) is 0 Å². The maximum Gasteiger partial charge on any atom is 0.359 e. The summed E-state index contributed by atoms with van der Waals surface area (Å²) in [6.07, 6.45) is 0. The van der Waals surface area contributed by atoms with Crippen LogP contribution >= 0.6 is 0 Å². The van der Waals surface area contributed by atoms with Gasteiger partial charge < -0.3 is 4.98 Å². The Balaban J connectivity index is 2.13. The minimum Gasteiger partial charge on any atom is -0.333 e. The van der Waals surface area contributed by atoms with Gasteiger partial charge in [0.1, 0.15) is 11.3 Å². The largest absolute Gasteiger partial charge is 0.359 e. The lowest BCUT2D eigenvalue weighted by atomic mass is 10.1. The number of nitrogens with one attached hydrogen (secondary N) is 1. The third kappa shape index (κ3) is 2.37. The van der Waals surface area contributed by atoms with Gasteiger partial charge in [0, 0.05) is 11.1 Å². The van der Waals surface area contributed by atoms with Crippen LogP contribution in [0.25, 0.3) is 28.0 Å². The molecular weight excluding hydrogens is 332 g/mol. The first-order valence-electron chi connectivity index (χ1n) is 7.99. The molecule has 0 unspecified atom stereocenters. The number of nitro groups is 1. The first-order chi connectivity index (χ1) is 12.6. The van der Waals surface area contributed by atoms with Crippen LogP contribution in [0.2, 0.25) is 0 Å². The van der Waals surface area contributed by atoms with E-state index in [-0.39, 0.29) is 5.69 Å². The SMILES string of the molecule is Cc1nn2c(=O)c([N+](=O)[O-])c(-c3ccccc3)[nH]c2c1-c1ccccc1. The fourth-order valence-electron chi connectivity index (χ4n) is 3.11. The van der Waals surface area contributed by atoms with Gasteiger partial charge in [0.2, 0.25) is 0 Å². The molecule has 128 valence electrons. The number of fused-ring (bicyclic) bond motifs is 1. The van der Waals surface area contributed by atoms with Gasteiger partial charge in [0.05, 0.1) is 10.6 Å². The van der Waals surface area contributed by atoms with Gasteiger partial charge in [-0.3, -0.25) is 14.9 Å². The molecule has 4 aromatic rings. The Bertz CT molecular complexity index is 1180. The highest BCUT2D eigenvalue weighted by molar-refractivity contribution is 5.82. The van der Waals surface area contributed by atoms with Crippen molar-refractivity contribution in [2.45, 2.75) is 6.92 Å². The molecule has 0 saturated carbocycles. The second-order valence-electron chi connectivity index (χ2n) is 5.86. The average Bonchev–Trinajstić information content (AvgIpc) is 2.99. The van der Waals surface area contributed by atoms with Crippen molar-refractivity contribution in [2.75, 3.05) is 0 Å². The Morgan fingerprint density at radius 2 is 1.58 bits per heavy atom. The zero-order valence-electron chi connectivity index (χ0n) is 13.8. The molecule has 0 atom stereocenters. The van der Waals surface area contributed by atoms with Crippen LogP contribution in [0.1, 0.15) is 5.69 Å². The van der Waals surface area contributed by atoms with Gasteiger partial charge in [-0.25, -0.2) is 0 Å². The fourth-order valence-corrected chi connectivity index (χ4v) is 3.11. The normalized spacial score (nSPS) is 11.0. The summed E-state index contributed by atoms with van der Waals surface area (Å²) in [5.74, 6) is 0. The average molecular weight is 346 g/mol. The highest BCUT2D eigenvalue weighted by Gasteiger charge is 2.26. The topological polar surface area (TPSA) is 93.3 Å². The van der Waals surface area contributed by atoms with Gasteiger partial charge in [0.25, 0.3) is 0 Å². The summed E-state index contributed by atoms with van der Waals surface area (Å²) in [6.45, 7) is 1.77. The van der Waals surface area contributed by atoms with Gasteiger partial charge in [-0.1, -0.05) is 60.7 Å². The number of rotatable bonds is 3. The van der Waals surface area contributed by atoms with Crippen molar-refractivity contribution in [3.8, 4) is 22.4 Å². The molecule has 0 aliphatic rings. The molecule has 2 heterocycles. The van der Waals surface area contributed by atoms with E-state index in [2.05, 4.69) is 10.1 Å². The molecule has 2 aromatic carbocycles. The van der Waals surface area contributed by atoms with E-state index in [1.165, 1.54) is 0 Å². The Morgan fingerprint density at radius 1 is 1.00 bits per heavy atom. The molecule has 26 heavy (non-hydrogen) atoms. The van der Waals surface area contributed by atoms with Crippen LogP contribution in [0, 0.1) is 17.0 Å². The summed E-state index contributed by atoms with van der Waals surface area (Å²) in [5, 5.41) is 15.8. The van der Waals surface area contributed by atoms with Crippen LogP contribution in [-0.4, -0.2) is 19.5 Å². The molecule has 0 amide bonds. The zero-order chi connectivity index (χ0) is 18.3. The molecule has 0 saturated heterocycles. The van der Waals surface area contributed by atoms with Gasteiger partial charge >= 0.3 is 11.2 Å². The van der Waals surface area contributed by atoms with E-state index >= 15 is 0 Å². The Morgan fingerprint density at radius 3 is 2.15 bits per heavy atom. The van der Waals surface area contributed by atoms with E-state index in [9.17, 15) is 14.9 Å². The van der Waals surface area contributed by atoms with Crippen LogP contribution in [0.5, 0.6) is 0 Å². The van der Waals surface area contributed by atoms with Crippen LogP contribution in [0.15, 0.2) is 65.5 Å². The maximum absolute atomic E-state index is 12.8. The molecular formula is C19H14N4O3. The van der Waals surface area contributed by atoms with E-state index in [0.717, 1.165) is 15.6 Å². The van der Waals surface area contributed by atoms with Crippen molar-refractivity contribution in [3.05, 3.63) is 86.8 Å². The van der Waals surface area contributed by atoms with E-state index in [1.807, 2.05) is 36.4 Å². The highest BCUT2D eigenvalue weighted by atomic mass is 16.6. The molecule has 0 fully saturated rings. The number of aryl methyl sites for hydroxylation is 1. The lowest BCUT2D eigenvalue weighted by Gasteiger charge is -2.06. The summed E-state index contributed by atoms with van der Waals surface area (Å²) >= 11 is 0. The van der Waals surface area contributed by atoms with E-state index in [1.54, 1.807) is 31.2 Å². The molecule has 7 heteroatoms. The number of hydrogen-bond acceptors (Lipinski definition) is 4. The summed E-state index contributed by atoms with van der Waals surface area (Å²) < 4.78 is 1.07. The Labute approximate surface area is 147 Å². The molecule has 0 radical (unpaired) electrons. The van der Waals surface area contributed by atoms with Crippen molar-refractivity contribution in [2.24, 2.45) is 0 Å². The molecule has 7 nitrogen and oxygen atoms in total. The fraction of sp³-hybridized carbons (Fsp3) is 0.0526. The van der Waals surface area contributed by atoms with Gasteiger partial charge in [0.15, 0.2) is 0 Å². The van der Waals surface area contributed by atoms with E-state index < -0.39 is 16.2 Å². The van der Waals surface area contributed by atoms with Gasteiger partial charge in [-0.15, -0.1) is 0 Å². The maximum atomic E-state index is 12.8. The third-order valence-electron chi connectivity index (χ3n) is 4.24. The predicted octanol–water partition coefficient (Wildman–Crippen LogP) is 3.57. The summed E-state index contributed by atoms with van der Waals surface area (Å²) in [6, 6.07) is 18.3. The van der Waals surface area contributed by atoms with E-state index in [0.29, 0.717) is 16.9 Å². The Kier molecular flexibility index (Phi) is 3.62. The van der Waals surface area contributed by atoms with Crippen LogP contribution in [-0.2, 0) is 0 Å². The quantitative estimate of drug-likeness (QED) is 0.453. The van der Waals surface area contributed by atoms with Gasteiger partial charge in [-0.2, -0.15) is 9.61 Å². The molecule has 0 aliphatic carbocycles. The second kappa shape index (κ2) is 5.96. The number of aromatic nitrogens is 3. The van der Waals surface area contributed by atoms with Gasteiger partial charge in [-0.05, 0) is 12.5 Å². The summed E-state index contributed by atoms with van der Waals surface area (Å²) in [5.41, 5.74) is 2.13. The number of nitrogens with zero attached hydrogens (tertiary/aromatic N) is 3. The van der Waals surface area contributed by atoms with Crippen molar-refractivity contribution < 1.29 is 4.92 Å². The Hall–Kier alpha value is -3.74. The molecule has 0 aliphatic heterocycles. The minimum absolute atomic E-state index is 0.171. The van der Waals surface area contributed by atoms with E-state index in [4.69, 9.17) is 0 Å². The molecule has 2 aromatic heterocycles. The molecule has 1 N–H and O–H groups in total. The zero-order valence-corrected chi connectivity index (χ0v) is 13.8. The summed E-state index contributed by atoms with van der Waals surface area (Å²) in [7, 11) is 0. The second-order valence-corrected chi connectivity index (χ2v) is 5.86. The van der Waals surface area contributed by atoms with Crippen molar-refractivity contribution >= 4 is 11.3 Å². The number of benzene rings is 2. The minimum atomic E-state index is -0.757. The monoisotopic (exact) mass is 346 g/mol. The molecule has 0 bridgehead atoms. The molecule has 4 rings (SSSR count). The molecule has 0 spiro atoms. The van der Waals surface area contributed by atoms with Crippen molar-refractivity contribution in [1.82, 2.24) is 14.6 Å².